The molecule has 2 aromatic heterocycles. The lowest BCUT2D eigenvalue weighted by molar-refractivity contribution is -0.384. The number of amides is 2. The molecule has 0 atom stereocenters. The number of rotatable bonds is 10. The normalized spacial score (nSPS) is 10.9. The first kappa shape index (κ1) is 30.0. The number of non-ortho nitro benzene ring substituents is 1. The number of anilines is 1. The molecule has 0 saturated heterocycles. The van der Waals surface area contributed by atoms with E-state index in [0.717, 1.165) is 23.5 Å². The summed E-state index contributed by atoms with van der Waals surface area (Å²) in [7, 11) is 4.87. The van der Waals surface area contributed by atoms with Crippen LogP contribution in [0.15, 0.2) is 48.5 Å². The van der Waals surface area contributed by atoms with E-state index in [9.17, 15) is 28.5 Å². The van der Waals surface area contributed by atoms with Crippen LogP contribution in [-0.4, -0.2) is 53.2 Å². The van der Waals surface area contributed by atoms with Gasteiger partial charge in [0.15, 0.2) is 10.9 Å². The van der Waals surface area contributed by atoms with Crippen molar-refractivity contribution in [1.82, 2.24) is 15.1 Å². The van der Waals surface area contributed by atoms with Gasteiger partial charge in [0.25, 0.3) is 11.6 Å². The third kappa shape index (κ3) is 6.64. The monoisotopic (exact) mass is 598 g/mol. The average Bonchev–Trinajstić information content (AvgIpc) is 3.27. The molecule has 0 aliphatic carbocycles. The minimum absolute atomic E-state index is 0.0542. The predicted molar refractivity (Wildman–Crippen MR) is 150 cm³/mol. The minimum Gasteiger partial charge on any atom is -0.480 e. The van der Waals surface area contributed by atoms with E-state index in [4.69, 9.17) is 15.2 Å². The van der Waals surface area contributed by atoms with Crippen molar-refractivity contribution in [2.45, 2.75) is 13.0 Å². The van der Waals surface area contributed by atoms with Crippen LogP contribution < -0.4 is 20.5 Å². The minimum atomic E-state index is -1.19. The molecular formula is C27H24F2N6O6S. The van der Waals surface area contributed by atoms with Crippen molar-refractivity contribution >= 4 is 34.8 Å². The summed E-state index contributed by atoms with van der Waals surface area (Å²) < 4.78 is 39.5. The fraction of sp³-hybridized carbons (Fsp3) is 0.185. The van der Waals surface area contributed by atoms with E-state index in [1.54, 1.807) is 19.0 Å². The summed E-state index contributed by atoms with van der Waals surface area (Å²) in [5.41, 5.74) is 5.55. The van der Waals surface area contributed by atoms with Gasteiger partial charge >= 0.3 is 6.09 Å². The van der Waals surface area contributed by atoms with Crippen LogP contribution in [0.4, 0.5) is 25.1 Å². The largest absolute Gasteiger partial charge is 0.480 e. The van der Waals surface area contributed by atoms with Gasteiger partial charge in [-0.05, 0) is 49.5 Å². The first-order chi connectivity index (χ1) is 20.0. The first-order valence-electron chi connectivity index (χ1n) is 12.2. The van der Waals surface area contributed by atoms with Gasteiger partial charge in [0.05, 0.1) is 17.6 Å². The third-order valence-electron chi connectivity index (χ3n) is 5.93. The highest BCUT2D eigenvalue weighted by atomic mass is 32.1. The standard InChI is InChI=1S/C27H24F2N6O6S/c1-34(2)13-18-23(25(36)31-21-9-10-22(40-3)33-32-21)26(41-27(30)37)42-24(18)16-8-7-15(35(38)39)11-14(16)12-17-19(28)5-4-6-20(17)29/h4-11H,12-13H2,1-3H3,(H2,30,37)(H,31,32,36). The average molecular weight is 599 g/mol. The zero-order chi connectivity index (χ0) is 30.6. The van der Waals surface area contributed by atoms with Gasteiger partial charge in [0, 0.05) is 47.2 Å². The van der Waals surface area contributed by atoms with Gasteiger partial charge < -0.3 is 25.4 Å². The Kier molecular flexibility index (Phi) is 9.02. The second-order valence-corrected chi connectivity index (χ2v) is 10.1. The number of nitrogens with two attached hydrogens (primary N) is 1. The Balaban J connectivity index is 1.91. The fourth-order valence-corrected chi connectivity index (χ4v) is 5.37. The fourth-order valence-electron chi connectivity index (χ4n) is 4.15. The number of nitrogens with one attached hydrogen (secondary N) is 1. The number of carbonyl (C=O) groups is 2. The number of hydrogen-bond acceptors (Lipinski definition) is 10. The van der Waals surface area contributed by atoms with E-state index >= 15 is 0 Å². The molecule has 0 aliphatic heterocycles. The van der Waals surface area contributed by atoms with E-state index in [1.807, 2.05) is 0 Å². The molecule has 0 radical (unpaired) electrons. The number of methoxy groups -OCH3 is 1. The molecule has 0 bridgehead atoms. The quantitative estimate of drug-likeness (QED) is 0.193. The Bertz CT molecular complexity index is 1640. The van der Waals surface area contributed by atoms with E-state index in [0.29, 0.717) is 16.0 Å². The molecule has 15 heteroatoms. The lowest BCUT2D eigenvalue weighted by Gasteiger charge is -2.15. The van der Waals surface area contributed by atoms with Gasteiger partial charge in [-0.2, -0.15) is 0 Å². The Labute approximate surface area is 241 Å². The number of hydrogen-bond donors (Lipinski definition) is 2. The summed E-state index contributed by atoms with van der Waals surface area (Å²) in [5.74, 6) is -2.08. The number of nitro groups is 1. The summed E-state index contributed by atoms with van der Waals surface area (Å²) in [6, 6.07) is 10.2. The highest BCUT2D eigenvalue weighted by molar-refractivity contribution is 7.18. The molecule has 0 saturated carbocycles. The highest BCUT2D eigenvalue weighted by Crippen LogP contribution is 2.45. The maximum atomic E-state index is 14.6. The van der Waals surface area contributed by atoms with E-state index < -0.39 is 28.6 Å². The Hall–Kier alpha value is -5.02. The van der Waals surface area contributed by atoms with Crippen LogP contribution in [0.5, 0.6) is 10.9 Å². The van der Waals surface area contributed by atoms with Crippen LogP contribution in [0.25, 0.3) is 10.4 Å². The number of nitro benzene ring substituents is 1. The van der Waals surface area contributed by atoms with Gasteiger partial charge in [-0.1, -0.05) is 17.4 Å². The van der Waals surface area contributed by atoms with Gasteiger partial charge in [-0.15, -0.1) is 10.2 Å². The molecule has 12 nitrogen and oxygen atoms in total. The van der Waals surface area contributed by atoms with Crippen molar-refractivity contribution in [3.05, 3.63) is 92.5 Å². The molecule has 4 rings (SSSR count). The lowest BCUT2D eigenvalue weighted by Crippen LogP contribution is -2.21. The SMILES string of the molecule is COc1ccc(NC(=O)c2c(OC(N)=O)sc(-c3ccc([N+](=O)[O-])cc3Cc3c(F)cccc3F)c2CN(C)C)nn1. The van der Waals surface area contributed by atoms with Gasteiger partial charge in [0.1, 0.15) is 11.6 Å². The predicted octanol–water partition coefficient (Wildman–Crippen LogP) is 4.76. The highest BCUT2D eigenvalue weighted by Gasteiger charge is 2.29. The van der Waals surface area contributed by atoms with Crippen molar-refractivity contribution in [3.63, 3.8) is 0 Å². The molecule has 2 aromatic carbocycles. The lowest BCUT2D eigenvalue weighted by atomic mass is 9.95. The molecule has 0 fully saturated rings. The van der Waals surface area contributed by atoms with Crippen LogP contribution >= 0.6 is 11.3 Å². The Morgan fingerprint density at radius 3 is 2.38 bits per heavy atom. The summed E-state index contributed by atoms with van der Waals surface area (Å²) in [5, 5.41) is 21.7. The Morgan fingerprint density at radius 1 is 1.10 bits per heavy atom. The third-order valence-corrected chi connectivity index (χ3v) is 7.08. The molecule has 0 unspecified atom stereocenters. The zero-order valence-corrected chi connectivity index (χ0v) is 23.3. The Morgan fingerprint density at radius 2 is 1.81 bits per heavy atom. The van der Waals surface area contributed by atoms with Crippen LogP contribution in [0.1, 0.15) is 27.0 Å². The molecule has 2 heterocycles. The maximum absolute atomic E-state index is 14.6. The molecule has 0 spiro atoms. The van der Waals surface area contributed by atoms with Crippen LogP contribution in [0.2, 0.25) is 0 Å². The number of carbonyl (C=O) groups excluding carboxylic acids is 2. The molecule has 2 amide bonds. The van der Waals surface area contributed by atoms with Crippen molar-refractivity contribution in [2.75, 3.05) is 26.5 Å². The number of aromatic nitrogens is 2. The van der Waals surface area contributed by atoms with Crippen molar-refractivity contribution in [2.24, 2.45) is 5.73 Å². The molecule has 218 valence electrons. The van der Waals surface area contributed by atoms with Crippen molar-refractivity contribution < 1.29 is 32.8 Å². The van der Waals surface area contributed by atoms with E-state index in [2.05, 4.69) is 15.5 Å². The van der Waals surface area contributed by atoms with Crippen LogP contribution in [0.3, 0.4) is 0 Å². The first-order valence-corrected chi connectivity index (χ1v) is 13.0. The molecule has 0 aliphatic rings. The van der Waals surface area contributed by atoms with E-state index in [-0.39, 0.29) is 52.1 Å². The van der Waals surface area contributed by atoms with Gasteiger partial charge in [-0.25, -0.2) is 13.6 Å². The molecular weight excluding hydrogens is 574 g/mol. The number of nitrogens with zero attached hydrogens (tertiary/aromatic N) is 4. The number of thiophene rings is 1. The molecule has 42 heavy (non-hydrogen) atoms. The summed E-state index contributed by atoms with van der Waals surface area (Å²) in [4.78, 5) is 38.5. The van der Waals surface area contributed by atoms with Crippen LogP contribution in [0, 0.1) is 21.7 Å². The van der Waals surface area contributed by atoms with Crippen molar-refractivity contribution in [3.8, 4) is 21.4 Å². The summed E-state index contributed by atoms with van der Waals surface area (Å²) in [6.45, 7) is 0.134. The number of benzene rings is 2. The molecule has 3 N–H and O–H groups in total. The van der Waals surface area contributed by atoms with Crippen molar-refractivity contribution in [1.29, 1.82) is 0 Å². The number of primary amides is 1. The maximum Gasteiger partial charge on any atom is 0.410 e. The number of halogens is 2. The smallest absolute Gasteiger partial charge is 0.410 e. The van der Waals surface area contributed by atoms with E-state index in [1.165, 1.54) is 43.5 Å². The van der Waals surface area contributed by atoms with Gasteiger partial charge in [-0.3, -0.25) is 14.9 Å². The second-order valence-electron chi connectivity index (χ2n) is 9.12. The second kappa shape index (κ2) is 12.7. The molecule has 4 aromatic rings. The summed E-state index contributed by atoms with van der Waals surface area (Å²) >= 11 is 0.878. The summed E-state index contributed by atoms with van der Waals surface area (Å²) in [6.07, 6.45) is -1.53. The number of ether oxygens (including phenoxy) is 2. The zero-order valence-electron chi connectivity index (χ0n) is 22.5. The van der Waals surface area contributed by atoms with Gasteiger partial charge in [0.2, 0.25) is 5.88 Å². The topological polar surface area (TPSA) is 163 Å². The van der Waals surface area contributed by atoms with Crippen LogP contribution in [-0.2, 0) is 13.0 Å².